The summed E-state index contributed by atoms with van der Waals surface area (Å²) in [6.45, 7) is 6.39. The number of methoxy groups -OCH3 is 1. The lowest BCUT2D eigenvalue weighted by Gasteiger charge is -2.34. The largest absolute Gasteiger partial charge is 0.497 e. The van der Waals surface area contributed by atoms with Crippen molar-refractivity contribution in [1.29, 1.82) is 0 Å². The second kappa shape index (κ2) is 9.00. The van der Waals surface area contributed by atoms with Crippen LogP contribution in [-0.2, 0) is 4.79 Å². The molecule has 0 radical (unpaired) electrons. The third kappa shape index (κ3) is 4.86. The SMILES string of the molecule is COc1ccc([C@H](NC(=O)C2CCN(C(C)C)CC2)c2ccncc2)cc1. The molecule has 5 nitrogen and oxygen atoms in total. The first kappa shape index (κ1) is 19.4. The summed E-state index contributed by atoms with van der Waals surface area (Å²) in [6.07, 6.45) is 5.35. The van der Waals surface area contributed by atoms with Crippen molar-refractivity contribution in [1.82, 2.24) is 15.2 Å². The van der Waals surface area contributed by atoms with Gasteiger partial charge in [0.2, 0.25) is 5.91 Å². The lowest BCUT2D eigenvalue weighted by Crippen LogP contribution is -2.43. The average molecular weight is 367 g/mol. The summed E-state index contributed by atoms with van der Waals surface area (Å²) >= 11 is 0. The summed E-state index contributed by atoms with van der Waals surface area (Å²) in [5.41, 5.74) is 2.07. The molecule has 144 valence electrons. The van der Waals surface area contributed by atoms with E-state index >= 15 is 0 Å². The van der Waals surface area contributed by atoms with E-state index in [1.165, 1.54) is 0 Å². The highest BCUT2D eigenvalue weighted by atomic mass is 16.5. The molecule has 0 spiro atoms. The molecule has 5 heteroatoms. The van der Waals surface area contributed by atoms with Crippen molar-refractivity contribution in [3.63, 3.8) is 0 Å². The Morgan fingerprint density at radius 2 is 1.67 bits per heavy atom. The van der Waals surface area contributed by atoms with Crippen LogP contribution in [0.1, 0.15) is 43.9 Å². The normalized spacial score (nSPS) is 16.9. The van der Waals surface area contributed by atoms with Gasteiger partial charge >= 0.3 is 0 Å². The topological polar surface area (TPSA) is 54.5 Å². The van der Waals surface area contributed by atoms with Crippen LogP contribution < -0.4 is 10.1 Å². The van der Waals surface area contributed by atoms with Gasteiger partial charge in [-0.2, -0.15) is 0 Å². The molecule has 2 aromatic rings. The van der Waals surface area contributed by atoms with E-state index in [0.717, 1.165) is 42.8 Å². The minimum absolute atomic E-state index is 0.0718. The summed E-state index contributed by atoms with van der Waals surface area (Å²) in [5, 5.41) is 3.27. The number of rotatable bonds is 6. The van der Waals surface area contributed by atoms with Crippen molar-refractivity contribution in [2.75, 3.05) is 20.2 Å². The summed E-state index contributed by atoms with van der Waals surface area (Å²) in [4.78, 5) is 19.5. The first-order valence-electron chi connectivity index (χ1n) is 9.66. The molecular formula is C22H29N3O2. The number of carbonyl (C=O) groups excluding carboxylic acids is 1. The lowest BCUT2D eigenvalue weighted by atomic mass is 9.93. The van der Waals surface area contributed by atoms with Crippen molar-refractivity contribution in [3.05, 3.63) is 59.9 Å². The zero-order valence-electron chi connectivity index (χ0n) is 16.4. The zero-order chi connectivity index (χ0) is 19.2. The van der Waals surface area contributed by atoms with Gasteiger partial charge in [-0.05, 0) is 75.2 Å². The molecule has 0 unspecified atom stereocenters. The van der Waals surface area contributed by atoms with Gasteiger partial charge in [0, 0.05) is 24.4 Å². The fourth-order valence-corrected chi connectivity index (χ4v) is 3.65. The van der Waals surface area contributed by atoms with E-state index in [-0.39, 0.29) is 17.9 Å². The van der Waals surface area contributed by atoms with Crippen LogP contribution in [0.5, 0.6) is 5.75 Å². The first-order chi connectivity index (χ1) is 13.1. The van der Waals surface area contributed by atoms with Gasteiger partial charge in [-0.3, -0.25) is 9.78 Å². The molecule has 1 fully saturated rings. The molecule has 0 bridgehead atoms. The molecule has 1 saturated heterocycles. The Kier molecular flexibility index (Phi) is 6.45. The van der Waals surface area contributed by atoms with Crippen molar-refractivity contribution < 1.29 is 9.53 Å². The van der Waals surface area contributed by atoms with E-state index < -0.39 is 0 Å². The van der Waals surface area contributed by atoms with Crippen molar-refractivity contribution in [2.45, 2.75) is 38.8 Å². The maximum Gasteiger partial charge on any atom is 0.223 e. The zero-order valence-corrected chi connectivity index (χ0v) is 16.4. The van der Waals surface area contributed by atoms with Gasteiger partial charge in [0.05, 0.1) is 13.2 Å². The molecule has 1 amide bonds. The van der Waals surface area contributed by atoms with Crippen LogP contribution in [0.2, 0.25) is 0 Å². The Morgan fingerprint density at radius 3 is 2.22 bits per heavy atom. The molecule has 1 aromatic heterocycles. The minimum atomic E-state index is -0.186. The fraction of sp³-hybridized carbons (Fsp3) is 0.455. The van der Waals surface area contributed by atoms with E-state index in [9.17, 15) is 4.79 Å². The molecule has 0 saturated carbocycles. The number of aromatic nitrogens is 1. The fourth-order valence-electron chi connectivity index (χ4n) is 3.65. The van der Waals surface area contributed by atoms with Gasteiger partial charge in [-0.15, -0.1) is 0 Å². The van der Waals surface area contributed by atoms with Crippen molar-refractivity contribution >= 4 is 5.91 Å². The molecule has 1 aromatic carbocycles. The average Bonchev–Trinajstić information content (AvgIpc) is 2.72. The van der Waals surface area contributed by atoms with E-state index in [1.54, 1.807) is 19.5 Å². The minimum Gasteiger partial charge on any atom is -0.497 e. The second-order valence-corrected chi connectivity index (χ2v) is 7.40. The molecule has 3 rings (SSSR count). The summed E-state index contributed by atoms with van der Waals surface area (Å²) in [7, 11) is 1.65. The smallest absolute Gasteiger partial charge is 0.223 e. The number of piperidine rings is 1. The number of nitrogens with one attached hydrogen (secondary N) is 1. The van der Waals surface area contributed by atoms with Crippen LogP contribution >= 0.6 is 0 Å². The van der Waals surface area contributed by atoms with Gasteiger partial charge < -0.3 is 15.0 Å². The third-order valence-electron chi connectivity index (χ3n) is 5.41. The number of hydrogen-bond acceptors (Lipinski definition) is 4. The second-order valence-electron chi connectivity index (χ2n) is 7.40. The van der Waals surface area contributed by atoms with Gasteiger partial charge in [0.25, 0.3) is 0 Å². The van der Waals surface area contributed by atoms with Crippen LogP contribution in [-0.4, -0.2) is 42.0 Å². The van der Waals surface area contributed by atoms with E-state index in [0.29, 0.717) is 6.04 Å². The number of pyridine rings is 1. The molecular weight excluding hydrogens is 338 g/mol. The molecule has 1 aliphatic heterocycles. The van der Waals surface area contributed by atoms with Crippen LogP contribution in [0.25, 0.3) is 0 Å². The van der Waals surface area contributed by atoms with E-state index in [1.807, 2.05) is 36.4 Å². The maximum absolute atomic E-state index is 13.0. The van der Waals surface area contributed by atoms with Crippen molar-refractivity contribution in [3.8, 4) is 5.75 Å². The number of benzene rings is 1. The molecule has 0 aliphatic carbocycles. The Bertz CT molecular complexity index is 723. The number of amides is 1. The number of ether oxygens (including phenoxy) is 1. The summed E-state index contributed by atoms with van der Waals surface area (Å²) in [6, 6.07) is 12.1. The monoisotopic (exact) mass is 367 g/mol. The Balaban J connectivity index is 1.74. The Hall–Kier alpha value is -2.40. The molecule has 1 N–H and O–H groups in total. The lowest BCUT2D eigenvalue weighted by molar-refractivity contribution is -0.127. The van der Waals surface area contributed by atoms with Gasteiger partial charge in [0.1, 0.15) is 5.75 Å². The predicted octanol–water partition coefficient (Wildman–Crippen LogP) is 3.42. The predicted molar refractivity (Wildman–Crippen MR) is 107 cm³/mol. The molecule has 1 atom stereocenters. The van der Waals surface area contributed by atoms with E-state index in [2.05, 4.69) is 29.0 Å². The van der Waals surface area contributed by atoms with E-state index in [4.69, 9.17) is 4.74 Å². The number of nitrogens with zero attached hydrogens (tertiary/aromatic N) is 2. The molecule has 1 aliphatic rings. The highest BCUT2D eigenvalue weighted by Gasteiger charge is 2.28. The molecule has 27 heavy (non-hydrogen) atoms. The van der Waals surface area contributed by atoms with Crippen LogP contribution in [0, 0.1) is 5.92 Å². The van der Waals surface area contributed by atoms with Crippen LogP contribution in [0.15, 0.2) is 48.8 Å². The number of likely N-dealkylation sites (tertiary alicyclic amines) is 1. The quantitative estimate of drug-likeness (QED) is 0.850. The highest BCUT2D eigenvalue weighted by Crippen LogP contribution is 2.26. The van der Waals surface area contributed by atoms with Gasteiger partial charge in [-0.25, -0.2) is 0 Å². The van der Waals surface area contributed by atoms with Crippen LogP contribution in [0.4, 0.5) is 0 Å². The third-order valence-corrected chi connectivity index (χ3v) is 5.41. The summed E-state index contributed by atoms with van der Waals surface area (Å²) < 4.78 is 5.26. The van der Waals surface area contributed by atoms with Crippen LogP contribution in [0.3, 0.4) is 0 Å². The Morgan fingerprint density at radius 1 is 1.07 bits per heavy atom. The maximum atomic E-state index is 13.0. The highest BCUT2D eigenvalue weighted by molar-refractivity contribution is 5.79. The standard InChI is InChI=1S/C22H29N3O2/c1-16(2)25-14-10-19(11-15-25)22(26)24-21(18-8-12-23-13-9-18)17-4-6-20(27-3)7-5-17/h4-9,12-13,16,19,21H,10-11,14-15H2,1-3H3,(H,24,26)/t21-/m0/s1. The first-order valence-corrected chi connectivity index (χ1v) is 9.66. The van der Waals surface area contributed by atoms with Gasteiger partial charge in [-0.1, -0.05) is 12.1 Å². The Labute approximate surface area is 161 Å². The number of hydrogen-bond donors (Lipinski definition) is 1. The van der Waals surface area contributed by atoms with Crippen molar-refractivity contribution in [2.24, 2.45) is 5.92 Å². The number of carbonyl (C=O) groups is 1. The molecule has 2 heterocycles. The van der Waals surface area contributed by atoms with Gasteiger partial charge in [0.15, 0.2) is 0 Å². The summed E-state index contributed by atoms with van der Waals surface area (Å²) in [5.74, 6) is 1.01.